The van der Waals surface area contributed by atoms with Crippen molar-refractivity contribution in [3.63, 3.8) is 0 Å². The van der Waals surface area contributed by atoms with Crippen molar-refractivity contribution in [1.29, 1.82) is 0 Å². The third kappa shape index (κ3) is 7.09. The molecule has 16 heteroatoms. The van der Waals surface area contributed by atoms with E-state index in [1.807, 2.05) is 6.92 Å². The van der Waals surface area contributed by atoms with Crippen molar-refractivity contribution in [2.24, 2.45) is 0 Å². The topological polar surface area (TPSA) is 140 Å². The average Bonchev–Trinajstić information content (AvgIpc) is 2.99. The number of piperazine rings is 1. The van der Waals surface area contributed by atoms with Gasteiger partial charge in [0.05, 0.1) is 23.9 Å². The average molecular weight is 618 g/mol. The van der Waals surface area contributed by atoms with Crippen LogP contribution in [-0.4, -0.2) is 77.2 Å². The quantitative estimate of drug-likeness (QED) is 0.298. The fourth-order valence-electron chi connectivity index (χ4n) is 4.51. The summed E-state index contributed by atoms with van der Waals surface area (Å²) in [6.07, 6.45) is -0.607. The van der Waals surface area contributed by atoms with Gasteiger partial charge in [0, 0.05) is 26.2 Å². The predicted molar refractivity (Wildman–Crippen MR) is 148 cm³/mol. The number of carbonyl (C=O) groups excluding carboxylic acids is 1. The van der Waals surface area contributed by atoms with E-state index in [0.29, 0.717) is 29.3 Å². The molecule has 43 heavy (non-hydrogen) atoms. The summed E-state index contributed by atoms with van der Waals surface area (Å²) in [5.41, 5.74) is 1.56. The molecule has 0 bridgehead atoms. The van der Waals surface area contributed by atoms with E-state index in [1.165, 1.54) is 18.7 Å². The van der Waals surface area contributed by atoms with Crippen LogP contribution in [0.2, 0.25) is 0 Å². The minimum Gasteiger partial charge on any atom is -0.494 e. The maximum Gasteiger partial charge on any atom is 0.573 e. The Morgan fingerprint density at radius 2 is 1.74 bits per heavy atom. The number of amides is 1. The first-order valence-electron chi connectivity index (χ1n) is 13.1. The van der Waals surface area contributed by atoms with Gasteiger partial charge < -0.3 is 19.7 Å². The molecule has 1 N–H and O–H groups in total. The van der Waals surface area contributed by atoms with Crippen LogP contribution >= 0.6 is 0 Å². The summed E-state index contributed by atoms with van der Waals surface area (Å²) in [4.78, 5) is 31.8. The Balaban J connectivity index is 1.40. The van der Waals surface area contributed by atoms with E-state index in [-0.39, 0.29) is 31.1 Å². The molecule has 1 aliphatic rings. The molecule has 226 valence electrons. The zero-order valence-electron chi connectivity index (χ0n) is 22.7. The fourth-order valence-corrected chi connectivity index (χ4v) is 6.08. The number of aromatic nitrogens is 4. The Hall–Kier alpha value is -4.57. The highest BCUT2D eigenvalue weighted by atomic mass is 32.2. The van der Waals surface area contributed by atoms with Crippen LogP contribution in [0.3, 0.4) is 0 Å². The third-order valence-electron chi connectivity index (χ3n) is 6.54. The SMILES string of the molecule is CCOc1ccc(CNC(=O)[C@H]2CN(c3cnc4cncnc4n3)CCN2S(=O)(=O)c2ccc(OC(F)(F)F)cc2)cc1. The molecule has 0 spiro atoms. The molecule has 0 aliphatic carbocycles. The number of carbonyl (C=O) groups is 1. The van der Waals surface area contributed by atoms with E-state index in [2.05, 4.69) is 30.0 Å². The first-order valence-corrected chi connectivity index (χ1v) is 14.5. The Morgan fingerprint density at radius 1 is 1.02 bits per heavy atom. The standard InChI is InChI=1S/C27H26F3N7O5S/c1-2-41-19-5-3-18(4-6-19)13-33-26(38)23-16-36(24-15-32-22-14-31-17-34-25(22)35-24)11-12-37(23)43(39,40)21-9-7-20(8-10-21)42-27(28,29)30/h3-10,14-15,17,23H,2,11-13,16H2,1H3,(H,33,38)/t23-/m1/s1. The van der Waals surface area contributed by atoms with Crippen molar-refractivity contribution in [1.82, 2.24) is 29.6 Å². The van der Waals surface area contributed by atoms with Crippen molar-refractivity contribution in [3.8, 4) is 11.5 Å². The van der Waals surface area contributed by atoms with Gasteiger partial charge in [0.15, 0.2) is 5.65 Å². The number of rotatable bonds is 9. The molecule has 0 unspecified atom stereocenters. The van der Waals surface area contributed by atoms with Crippen LogP contribution in [0.25, 0.3) is 11.2 Å². The van der Waals surface area contributed by atoms with Crippen molar-refractivity contribution < 1.29 is 35.9 Å². The second-order valence-electron chi connectivity index (χ2n) is 9.35. The third-order valence-corrected chi connectivity index (χ3v) is 8.46. The van der Waals surface area contributed by atoms with Gasteiger partial charge in [-0.2, -0.15) is 4.31 Å². The van der Waals surface area contributed by atoms with Gasteiger partial charge in [-0.05, 0) is 48.9 Å². The molecule has 1 atom stereocenters. The fraction of sp³-hybridized carbons (Fsp3) is 0.296. The number of alkyl halides is 3. The summed E-state index contributed by atoms with van der Waals surface area (Å²) >= 11 is 0. The molecule has 1 aliphatic heterocycles. The lowest BCUT2D eigenvalue weighted by Gasteiger charge is -2.40. The van der Waals surface area contributed by atoms with Gasteiger partial charge in [0.2, 0.25) is 15.9 Å². The lowest BCUT2D eigenvalue weighted by molar-refractivity contribution is -0.274. The molecule has 3 heterocycles. The van der Waals surface area contributed by atoms with Crippen LogP contribution in [-0.2, 0) is 21.4 Å². The minimum absolute atomic E-state index is 0.0745. The largest absolute Gasteiger partial charge is 0.573 e. The smallest absolute Gasteiger partial charge is 0.494 e. The van der Waals surface area contributed by atoms with Gasteiger partial charge in [0.1, 0.15) is 35.2 Å². The Bertz CT molecular complexity index is 1690. The lowest BCUT2D eigenvalue weighted by Crippen LogP contribution is -2.60. The monoisotopic (exact) mass is 617 g/mol. The molecule has 0 radical (unpaired) electrons. The number of ether oxygens (including phenoxy) is 2. The highest BCUT2D eigenvalue weighted by molar-refractivity contribution is 7.89. The number of anilines is 1. The maximum absolute atomic E-state index is 13.7. The number of halogens is 3. The Morgan fingerprint density at radius 3 is 2.44 bits per heavy atom. The van der Waals surface area contributed by atoms with Crippen LogP contribution < -0.4 is 19.7 Å². The summed E-state index contributed by atoms with van der Waals surface area (Å²) in [6, 6.07) is 9.70. The summed E-state index contributed by atoms with van der Waals surface area (Å²) in [5, 5.41) is 2.80. The van der Waals surface area contributed by atoms with Crippen molar-refractivity contribution in [2.75, 3.05) is 31.1 Å². The zero-order chi connectivity index (χ0) is 30.6. The molecule has 2 aromatic heterocycles. The van der Waals surface area contributed by atoms with Crippen LogP contribution in [0.1, 0.15) is 12.5 Å². The minimum atomic E-state index is -4.93. The highest BCUT2D eigenvalue weighted by Crippen LogP contribution is 2.28. The van der Waals surface area contributed by atoms with E-state index in [1.54, 1.807) is 29.2 Å². The first kappa shape index (κ1) is 29.9. The second kappa shape index (κ2) is 12.3. The van der Waals surface area contributed by atoms with Crippen LogP contribution in [0, 0.1) is 0 Å². The Labute approximate surface area is 244 Å². The highest BCUT2D eigenvalue weighted by Gasteiger charge is 2.41. The molecule has 1 amide bonds. The number of benzene rings is 2. The van der Waals surface area contributed by atoms with Crippen LogP contribution in [0.15, 0.2) is 72.1 Å². The predicted octanol–water partition coefficient (Wildman–Crippen LogP) is 2.91. The van der Waals surface area contributed by atoms with Gasteiger partial charge in [-0.1, -0.05) is 12.1 Å². The molecule has 2 aromatic carbocycles. The molecular formula is C27H26F3N7O5S. The van der Waals surface area contributed by atoms with Gasteiger partial charge in [-0.3, -0.25) is 4.79 Å². The number of nitrogens with one attached hydrogen (secondary N) is 1. The number of hydrogen-bond donors (Lipinski definition) is 1. The number of fused-ring (bicyclic) bond motifs is 1. The van der Waals surface area contributed by atoms with Crippen LogP contribution in [0.5, 0.6) is 11.5 Å². The second-order valence-corrected chi connectivity index (χ2v) is 11.2. The summed E-state index contributed by atoms with van der Waals surface area (Å²) < 4.78 is 75.5. The van der Waals surface area contributed by atoms with Gasteiger partial charge >= 0.3 is 6.36 Å². The van der Waals surface area contributed by atoms with Gasteiger partial charge in [-0.25, -0.2) is 28.4 Å². The van der Waals surface area contributed by atoms with Crippen molar-refractivity contribution in [3.05, 3.63) is 72.8 Å². The van der Waals surface area contributed by atoms with E-state index >= 15 is 0 Å². The summed E-state index contributed by atoms with van der Waals surface area (Å²) in [5.74, 6) is -0.0812. The van der Waals surface area contributed by atoms with Gasteiger partial charge in [-0.15, -0.1) is 13.2 Å². The van der Waals surface area contributed by atoms with E-state index in [0.717, 1.165) is 34.1 Å². The normalized spacial score (nSPS) is 16.2. The molecule has 12 nitrogen and oxygen atoms in total. The van der Waals surface area contributed by atoms with E-state index in [4.69, 9.17) is 4.74 Å². The molecule has 1 fully saturated rings. The summed E-state index contributed by atoms with van der Waals surface area (Å²) in [6.45, 7) is 2.45. The molecule has 4 aromatic rings. The number of sulfonamides is 1. The van der Waals surface area contributed by atoms with Gasteiger partial charge in [0.25, 0.3) is 0 Å². The van der Waals surface area contributed by atoms with E-state index < -0.39 is 34.1 Å². The summed E-state index contributed by atoms with van der Waals surface area (Å²) in [7, 11) is -4.32. The molecule has 5 rings (SSSR count). The zero-order valence-corrected chi connectivity index (χ0v) is 23.5. The van der Waals surface area contributed by atoms with Crippen LogP contribution in [0.4, 0.5) is 19.0 Å². The lowest BCUT2D eigenvalue weighted by atomic mass is 10.1. The van der Waals surface area contributed by atoms with Crippen molar-refractivity contribution in [2.45, 2.75) is 30.8 Å². The number of nitrogens with zero attached hydrogens (tertiary/aromatic N) is 6. The molecule has 0 saturated carbocycles. The van der Waals surface area contributed by atoms with Crippen molar-refractivity contribution >= 4 is 32.9 Å². The maximum atomic E-state index is 13.7. The number of hydrogen-bond acceptors (Lipinski definition) is 10. The molecular weight excluding hydrogens is 591 g/mol. The molecule has 1 saturated heterocycles. The van der Waals surface area contributed by atoms with E-state index in [9.17, 15) is 26.4 Å². The first-order chi connectivity index (χ1) is 20.5. The Kier molecular flexibility index (Phi) is 8.59.